The molecule has 0 heterocycles. The molecule has 5 nitrogen and oxygen atoms in total. The molecule has 0 saturated heterocycles. The molecule has 1 amide bonds. The molecule has 0 radical (unpaired) electrons. The van der Waals surface area contributed by atoms with Gasteiger partial charge in [-0.25, -0.2) is 9.59 Å². The Morgan fingerprint density at radius 1 is 1.46 bits per heavy atom. The predicted molar refractivity (Wildman–Crippen MR) is 44.3 cm³/mol. The lowest BCUT2D eigenvalue weighted by molar-refractivity contribution is -0.141. The number of rotatable bonds is 2. The molecule has 1 unspecified atom stereocenters. The smallest absolute Gasteiger partial charge is 0.407 e. The van der Waals surface area contributed by atoms with Crippen molar-refractivity contribution in [2.75, 3.05) is 7.11 Å². The van der Waals surface area contributed by atoms with Crippen LogP contribution in [0, 0.1) is 5.41 Å². The van der Waals surface area contributed by atoms with Gasteiger partial charge >= 0.3 is 12.1 Å². The molecule has 0 aromatic rings. The zero-order valence-corrected chi connectivity index (χ0v) is 7.88. The third-order valence-electron chi connectivity index (χ3n) is 2.60. The highest BCUT2D eigenvalue weighted by atomic mass is 16.5. The van der Waals surface area contributed by atoms with Crippen LogP contribution in [0.25, 0.3) is 0 Å². The molecular weight excluding hydrogens is 174 g/mol. The lowest BCUT2D eigenvalue weighted by Gasteiger charge is -2.16. The van der Waals surface area contributed by atoms with E-state index in [4.69, 9.17) is 5.11 Å². The molecule has 0 aliphatic heterocycles. The predicted octanol–water partition coefficient (Wildman–Crippen LogP) is 0.596. The van der Waals surface area contributed by atoms with Gasteiger partial charge in [-0.1, -0.05) is 13.8 Å². The third kappa shape index (κ3) is 1.34. The second-order valence-corrected chi connectivity index (χ2v) is 3.89. The monoisotopic (exact) mass is 187 g/mol. The molecule has 1 aliphatic rings. The number of carboxylic acids is 1. The largest absolute Gasteiger partial charge is 0.479 e. The van der Waals surface area contributed by atoms with Gasteiger partial charge in [-0.05, 0) is 6.42 Å². The van der Waals surface area contributed by atoms with E-state index in [2.05, 4.69) is 10.1 Å². The highest BCUT2D eigenvalue weighted by Crippen LogP contribution is 2.55. The topological polar surface area (TPSA) is 75.6 Å². The van der Waals surface area contributed by atoms with Crippen LogP contribution in [0.2, 0.25) is 0 Å². The van der Waals surface area contributed by atoms with Gasteiger partial charge in [-0.15, -0.1) is 0 Å². The molecule has 0 aromatic heterocycles. The van der Waals surface area contributed by atoms with Crippen LogP contribution < -0.4 is 5.32 Å². The van der Waals surface area contributed by atoms with E-state index in [-0.39, 0.29) is 0 Å². The van der Waals surface area contributed by atoms with Crippen molar-refractivity contribution < 1.29 is 19.4 Å². The number of hydrogen-bond donors (Lipinski definition) is 2. The van der Waals surface area contributed by atoms with Crippen LogP contribution in [0.15, 0.2) is 0 Å². The Hall–Kier alpha value is -1.26. The Bertz CT molecular complexity index is 261. The van der Waals surface area contributed by atoms with Crippen molar-refractivity contribution in [3.8, 4) is 0 Å². The molecule has 5 heteroatoms. The maximum Gasteiger partial charge on any atom is 0.407 e. The lowest BCUT2D eigenvalue weighted by Crippen LogP contribution is -2.46. The molecule has 1 atom stereocenters. The molecule has 0 aromatic carbocycles. The summed E-state index contributed by atoms with van der Waals surface area (Å²) in [7, 11) is 1.21. The standard InChI is InChI=1S/C8H13NO4/c1-7(2)4-8(7,5(10)11)9-6(12)13-3/h4H2,1-3H3,(H,9,12)(H,10,11). The van der Waals surface area contributed by atoms with Gasteiger partial charge in [0.05, 0.1) is 7.11 Å². The number of nitrogens with one attached hydrogen (secondary N) is 1. The van der Waals surface area contributed by atoms with Gasteiger partial charge in [0.25, 0.3) is 0 Å². The number of ether oxygens (including phenoxy) is 1. The number of methoxy groups -OCH3 is 1. The summed E-state index contributed by atoms with van der Waals surface area (Å²) in [6.45, 7) is 3.58. The first-order chi connectivity index (χ1) is 5.85. The zero-order valence-electron chi connectivity index (χ0n) is 7.88. The van der Waals surface area contributed by atoms with Crippen molar-refractivity contribution >= 4 is 12.1 Å². The zero-order chi connectivity index (χ0) is 10.3. The van der Waals surface area contributed by atoms with Crippen LogP contribution in [0.5, 0.6) is 0 Å². The van der Waals surface area contributed by atoms with E-state index in [9.17, 15) is 9.59 Å². The fourth-order valence-corrected chi connectivity index (χ4v) is 1.48. The molecule has 1 aliphatic carbocycles. The number of carboxylic acid groups (broad SMARTS) is 1. The van der Waals surface area contributed by atoms with Crippen molar-refractivity contribution in [1.29, 1.82) is 0 Å². The quantitative estimate of drug-likeness (QED) is 0.663. The summed E-state index contributed by atoms with van der Waals surface area (Å²) >= 11 is 0. The summed E-state index contributed by atoms with van der Waals surface area (Å²) in [6.07, 6.45) is -0.266. The molecule has 13 heavy (non-hydrogen) atoms. The Morgan fingerprint density at radius 3 is 2.15 bits per heavy atom. The summed E-state index contributed by atoms with van der Waals surface area (Å²) < 4.78 is 4.36. The second-order valence-electron chi connectivity index (χ2n) is 3.89. The van der Waals surface area contributed by atoms with E-state index >= 15 is 0 Å². The van der Waals surface area contributed by atoms with Crippen LogP contribution in [-0.2, 0) is 9.53 Å². The molecule has 1 fully saturated rings. The average molecular weight is 187 g/mol. The Kier molecular flexibility index (Phi) is 1.98. The van der Waals surface area contributed by atoms with Crippen LogP contribution in [0.1, 0.15) is 20.3 Å². The first-order valence-electron chi connectivity index (χ1n) is 3.95. The Labute approximate surface area is 76.1 Å². The minimum absolute atomic E-state index is 0.396. The Morgan fingerprint density at radius 2 is 1.92 bits per heavy atom. The molecular formula is C8H13NO4. The van der Waals surface area contributed by atoms with E-state index in [0.29, 0.717) is 6.42 Å². The molecule has 2 N–H and O–H groups in total. The van der Waals surface area contributed by atoms with Gasteiger partial charge in [-0.3, -0.25) is 0 Å². The summed E-state index contributed by atoms with van der Waals surface area (Å²) in [5.41, 5.74) is -1.53. The Balaban J connectivity index is 2.74. The summed E-state index contributed by atoms with van der Waals surface area (Å²) in [4.78, 5) is 21.7. The maximum atomic E-state index is 10.9. The molecule has 0 spiro atoms. The third-order valence-corrected chi connectivity index (χ3v) is 2.60. The summed E-state index contributed by atoms with van der Waals surface area (Å²) in [5, 5.41) is 11.3. The first-order valence-corrected chi connectivity index (χ1v) is 3.95. The fourth-order valence-electron chi connectivity index (χ4n) is 1.48. The minimum Gasteiger partial charge on any atom is -0.479 e. The minimum atomic E-state index is -1.14. The normalized spacial score (nSPS) is 29.2. The van der Waals surface area contributed by atoms with Gasteiger partial charge in [0.2, 0.25) is 0 Å². The number of aliphatic carboxylic acids is 1. The molecule has 0 bridgehead atoms. The van der Waals surface area contributed by atoms with E-state index in [1.807, 2.05) is 0 Å². The number of hydrogen-bond acceptors (Lipinski definition) is 3. The van der Waals surface area contributed by atoms with Crippen molar-refractivity contribution in [3.63, 3.8) is 0 Å². The number of carbonyl (C=O) groups excluding carboxylic acids is 1. The first kappa shape index (κ1) is 9.83. The molecule has 1 saturated carbocycles. The second kappa shape index (κ2) is 2.61. The fraction of sp³-hybridized carbons (Fsp3) is 0.750. The molecule has 74 valence electrons. The summed E-state index contributed by atoms with van der Waals surface area (Å²) in [6, 6.07) is 0. The lowest BCUT2D eigenvalue weighted by atomic mass is 10.1. The average Bonchev–Trinajstić information content (AvgIpc) is 2.54. The van der Waals surface area contributed by atoms with Crippen molar-refractivity contribution in [2.24, 2.45) is 5.41 Å². The van der Waals surface area contributed by atoms with Gasteiger partial charge < -0.3 is 15.2 Å². The number of carbonyl (C=O) groups is 2. The van der Waals surface area contributed by atoms with E-state index in [1.165, 1.54) is 7.11 Å². The van der Waals surface area contributed by atoms with Crippen LogP contribution in [0.3, 0.4) is 0 Å². The molecule has 1 rings (SSSR count). The van der Waals surface area contributed by atoms with Crippen molar-refractivity contribution in [2.45, 2.75) is 25.8 Å². The van der Waals surface area contributed by atoms with Gasteiger partial charge in [-0.2, -0.15) is 0 Å². The number of amides is 1. The van der Waals surface area contributed by atoms with E-state index in [1.54, 1.807) is 13.8 Å². The maximum absolute atomic E-state index is 10.9. The van der Waals surface area contributed by atoms with Crippen molar-refractivity contribution in [3.05, 3.63) is 0 Å². The van der Waals surface area contributed by atoms with Crippen LogP contribution in [0.4, 0.5) is 4.79 Å². The van der Waals surface area contributed by atoms with Crippen LogP contribution in [-0.4, -0.2) is 29.8 Å². The highest BCUT2D eigenvalue weighted by Gasteiger charge is 2.68. The number of alkyl carbamates (subject to hydrolysis) is 1. The highest BCUT2D eigenvalue weighted by molar-refractivity contribution is 5.89. The van der Waals surface area contributed by atoms with E-state index < -0.39 is 23.0 Å². The summed E-state index contributed by atoms with van der Waals surface area (Å²) in [5.74, 6) is -1.01. The van der Waals surface area contributed by atoms with Gasteiger partial charge in [0, 0.05) is 5.41 Å². The van der Waals surface area contributed by atoms with Gasteiger partial charge in [0.1, 0.15) is 5.54 Å². The van der Waals surface area contributed by atoms with E-state index in [0.717, 1.165) is 0 Å². The SMILES string of the molecule is COC(=O)NC1(C(=O)O)CC1(C)C. The van der Waals surface area contributed by atoms with Gasteiger partial charge in [0.15, 0.2) is 0 Å². The van der Waals surface area contributed by atoms with Crippen molar-refractivity contribution in [1.82, 2.24) is 5.32 Å². The van der Waals surface area contributed by atoms with Crippen LogP contribution >= 0.6 is 0 Å².